The van der Waals surface area contributed by atoms with Gasteiger partial charge < -0.3 is 10.4 Å². The number of hydrogen-bond acceptors (Lipinski definition) is 2. The second-order valence-electron chi connectivity index (χ2n) is 6.55. The third-order valence-corrected chi connectivity index (χ3v) is 4.43. The summed E-state index contributed by atoms with van der Waals surface area (Å²) in [6.07, 6.45) is -2.86. The molecule has 0 amide bonds. The zero-order chi connectivity index (χ0) is 19.6. The van der Waals surface area contributed by atoms with Crippen LogP contribution in [0.1, 0.15) is 24.0 Å². The summed E-state index contributed by atoms with van der Waals surface area (Å²) in [6.45, 7) is 2.25. The van der Waals surface area contributed by atoms with Gasteiger partial charge in [0.25, 0.3) is 0 Å². The van der Waals surface area contributed by atoms with E-state index in [2.05, 4.69) is 11.4 Å². The maximum absolute atomic E-state index is 12.4. The highest BCUT2D eigenvalue weighted by Crippen LogP contribution is 2.49. The SMILES string of the molecule is FC(F)(F)c1ccc(/C=C/C2CC3(CNC3)C2)cc1.O=C(O)C(F)(F)F. The smallest absolute Gasteiger partial charge is 0.475 e. The molecule has 0 atom stereocenters. The number of aliphatic carboxylic acids is 1. The Morgan fingerprint density at radius 1 is 1.08 bits per heavy atom. The van der Waals surface area contributed by atoms with E-state index < -0.39 is 23.9 Å². The molecule has 1 spiro atoms. The topological polar surface area (TPSA) is 49.3 Å². The van der Waals surface area contributed by atoms with Crippen LogP contribution in [0.4, 0.5) is 26.3 Å². The van der Waals surface area contributed by atoms with Crippen molar-refractivity contribution in [2.24, 2.45) is 11.3 Å². The van der Waals surface area contributed by atoms with Crippen LogP contribution in [0.25, 0.3) is 6.08 Å². The minimum absolute atomic E-state index is 0.537. The lowest BCUT2D eigenvalue weighted by molar-refractivity contribution is -0.192. The van der Waals surface area contributed by atoms with Gasteiger partial charge in [-0.3, -0.25) is 0 Å². The number of alkyl halides is 6. The lowest BCUT2D eigenvalue weighted by atomic mass is 9.58. The highest BCUT2D eigenvalue weighted by molar-refractivity contribution is 5.73. The molecule has 1 aromatic carbocycles. The Kier molecular flexibility index (Phi) is 5.70. The standard InChI is InChI=1S/C15H16F3N.C2HF3O2/c16-15(17,18)13-5-3-11(4-6-13)1-2-12-7-14(8-12)9-19-10-14;3-2(4,5)1(6)7/h1-6,12,19H,7-10H2;(H,6,7)/b2-1+;. The number of halogens is 6. The lowest BCUT2D eigenvalue weighted by Gasteiger charge is -2.53. The number of nitrogens with one attached hydrogen (secondary N) is 1. The minimum atomic E-state index is -5.08. The molecule has 2 aliphatic rings. The molecule has 26 heavy (non-hydrogen) atoms. The van der Waals surface area contributed by atoms with Crippen molar-refractivity contribution in [3.63, 3.8) is 0 Å². The monoisotopic (exact) mass is 381 g/mol. The molecule has 0 bridgehead atoms. The molecular formula is C17H17F6NO2. The second kappa shape index (κ2) is 7.30. The van der Waals surface area contributed by atoms with E-state index in [4.69, 9.17) is 9.90 Å². The molecule has 1 aromatic rings. The normalized spacial score (nSPS) is 19.5. The van der Waals surface area contributed by atoms with E-state index in [0.29, 0.717) is 11.3 Å². The zero-order valence-electron chi connectivity index (χ0n) is 13.5. The van der Waals surface area contributed by atoms with E-state index in [9.17, 15) is 26.3 Å². The van der Waals surface area contributed by atoms with Crippen molar-refractivity contribution in [2.45, 2.75) is 25.2 Å². The van der Waals surface area contributed by atoms with Crippen molar-refractivity contribution in [1.82, 2.24) is 5.32 Å². The first-order chi connectivity index (χ1) is 11.9. The van der Waals surface area contributed by atoms with Gasteiger partial charge in [0.05, 0.1) is 5.56 Å². The molecule has 1 heterocycles. The first-order valence-electron chi connectivity index (χ1n) is 7.78. The van der Waals surface area contributed by atoms with E-state index in [-0.39, 0.29) is 0 Å². The van der Waals surface area contributed by atoms with Crippen LogP contribution in [0.5, 0.6) is 0 Å². The molecule has 0 unspecified atom stereocenters. The molecule has 0 radical (unpaired) electrons. The summed E-state index contributed by atoms with van der Waals surface area (Å²) in [5.41, 5.74) is 0.781. The van der Waals surface area contributed by atoms with Gasteiger partial charge in [-0.05, 0) is 41.9 Å². The fourth-order valence-corrected chi connectivity index (χ4v) is 2.99. The molecule has 9 heteroatoms. The fraction of sp³-hybridized carbons (Fsp3) is 0.471. The van der Waals surface area contributed by atoms with E-state index in [1.807, 2.05) is 6.08 Å². The molecule has 0 aromatic heterocycles. The van der Waals surface area contributed by atoms with Gasteiger partial charge in [0.1, 0.15) is 0 Å². The Morgan fingerprint density at radius 3 is 1.92 bits per heavy atom. The quantitative estimate of drug-likeness (QED) is 0.749. The van der Waals surface area contributed by atoms with Crippen LogP contribution in [0, 0.1) is 11.3 Å². The molecule has 1 aliphatic carbocycles. The number of carboxylic acid groups (broad SMARTS) is 1. The van der Waals surface area contributed by atoms with Gasteiger partial charge in [-0.2, -0.15) is 26.3 Å². The fourth-order valence-electron chi connectivity index (χ4n) is 2.99. The first-order valence-corrected chi connectivity index (χ1v) is 7.78. The van der Waals surface area contributed by atoms with Crippen molar-refractivity contribution in [3.8, 4) is 0 Å². The third kappa shape index (κ3) is 5.23. The number of benzene rings is 1. The van der Waals surface area contributed by atoms with Crippen LogP contribution >= 0.6 is 0 Å². The van der Waals surface area contributed by atoms with Gasteiger partial charge in [-0.15, -0.1) is 0 Å². The average molecular weight is 381 g/mol. The Balaban J connectivity index is 0.000000298. The molecule has 3 nitrogen and oxygen atoms in total. The summed E-state index contributed by atoms with van der Waals surface area (Å²) >= 11 is 0. The van der Waals surface area contributed by atoms with Crippen LogP contribution in [-0.4, -0.2) is 30.3 Å². The second-order valence-corrected chi connectivity index (χ2v) is 6.55. The van der Waals surface area contributed by atoms with Gasteiger partial charge in [-0.25, -0.2) is 4.79 Å². The molecule has 3 rings (SSSR count). The van der Waals surface area contributed by atoms with Crippen LogP contribution in [0.15, 0.2) is 30.3 Å². The predicted octanol–water partition coefficient (Wildman–Crippen LogP) is 4.35. The summed E-state index contributed by atoms with van der Waals surface area (Å²) in [5, 5.41) is 10.4. The number of carboxylic acids is 1. The highest BCUT2D eigenvalue weighted by Gasteiger charge is 2.47. The van der Waals surface area contributed by atoms with Crippen LogP contribution in [0.3, 0.4) is 0 Å². The van der Waals surface area contributed by atoms with Crippen molar-refractivity contribution in [2.75, 3.05) is 13.1 Å². The van der Waals surface area contributed by atoms with E-state index in [1.54, 1.807) is 0 Å². The maximum atomic E-state index is 12.4. The van der Waals surface area contributed by atoms with Gasteiger partial charge in [0.2, 0.25) is 0 Å². The largest absolute Gasteiger partial charge is 0.490 e. The molecule has 2 N–H and O–H groups in total. The van der Waals surface area contributed by atoms with E-state index in [0.717, 1.165) is 30.8 Å². The Labute approximate surface area is 145 Å². The van der Waals surface area contributed by atoms with Gasteiger partial charge in [-0.1, -0.05) is 24.3 Å². The third-order valence-electron chi connectivity index (χ3n) is 4.43. The first kappa shape index (κ1) is 20.3. The number of carbonyl (C=O) groups is 1. The molecule has 1 saturated carbocycles. The summed E-state index contributed by atoms with van der Waals surface area (Å²) in [5.74, 6) is -2.17. The van der Waals surface area contributed by atoms with Gasteiger partial charge in [0, 0.05) is 13.1 Å². The molecule has 2 fully saturated rings. The van der Waals surface area contributed by atoms with E-state index >= 15 is 0 Å². The zero-order valence-corrected chi connectivity index (χ0v) is 13.5. The van der Waals surface area contributed by atoms with Crippen molar-refractivity contribution < 1.29 is 36.2 Å². The predicted molar refractivity (Wildman–Crippen MR) is 82.2 cm³/mol. The summed E-state index contributed by atoms with van der Waals surface area (Å²) < 4.78 is 68.9. The number of allylic oxidation sites excluding steroid dienone is 1. The van der Waals surface area contributed by atoms with Crippen molar-refractivity contribution >= 4 is 12.0 Å². The van der Waals surface area contributed by atoms with Crippen LogP contribution < -0.4 is 5.32 Å². The van der Waals surface area contributed by atoms with Gasteiger partial charge >= 0.3 is 18.3 Å². The summed E-state index contributed by atoms with van der Waals surface area (Å²) in [4.78, 5) is 8.90. The molecule has 1 aliphatic heterocycles. The lowest BCUT2D eigenvalue weighted by Crippen LogP contribution is -2.59. The highest BCUT2D eigenvalue weighted by atomic mass is 19.4. The Hall–Kier alpha value is -2.03. The van der Waals surface area contributed by atoms with E-state index in [1.165, 1.54) is 25.0 Å². The Morgan fingerprint density at radius 2 is 1.58 bits per heavy atom. The van der Waals surface area contributed by atoms with Crippen LogP contribution in [0.2, 0.25) is 0 Å². The van der Waals surface area contributed by atoms with Crippen molar-refractivity contribution in [1.29, 1.82) is 0 Å². The summed E-state index contributed by atoms with van der Waals surface area (Å²) in [6, 6.07) is 5.33. The average Bonchev–Trinajstić information content (AvgIpc) is 2.43. The molecule has 144 valence electrons. The van der Waals surface area contributed by atoms with Crippen LogP contribution in [-0.2, 0) is 11.0 Å². The summed E-state index contributed by atoms with van der Waals surface area (Å²) in [7, 11) is 0. The van der Waals surface area contributed by atoms with Crippen molar-refractivity contribution in [3.05, 3.63) is 41.5 Å². The minimum Gasteiger partial charge on any atom is -0.475 e. The molecule has 1 saturated heterocycles. The number of hydrogen-bond donors (Lipinski definition) is 2. The Bertz CT molecular complexity index is 651. The van der Waals surface area contributed by atoms with Gasteiger partial charge in [0.15, 0.2) is 0 Å². The maximum Gasteiger partial charge on any atom is 0.490 e. The number of rotatable bonds is 2. The molecular weight excluding hydrogens is 364 g/mol.